The van der Waals surface area contributed by atoms with E-state index in [1.54, 1.807) is 25.5 Å². The maximum atomic E-state index is 11.1. The first-order valence-electron chi connectivity index (χ1n) is 4.98. The Morgan fingerprint density at radius 3 is 3.31 bits per heavy atom. The molecule has 16 heavy (non-hydrogen) atoms. The molecule has 0 saturated heterocycles. The second-order valence-corrected chi connectivity index (χ2v) is 3.13. The van der Waals surface area contributed by atoms with Gasteiger partial charge in [0.1, 0.15) is 6.26 Å². The highest BCUT2D eigenvalue weighted by Crippen LogP contribution is 2.19. The second kappa shape index (κ2) is 4.61. The van der Waals surface area contributed by atoms with Gasteiger partial charge in [-0.3, -0.25) is 0 Å². The van der Waals surface area contributed by atoms with E-state index in [4.69, 9.17) is 9.15 Å². The van der Waals surface area contributed by atoms with Gasteiger partial charge in [-0.1, -0.05) is 0 Å². The van der Waals surface area contributed by atoms with Crippen molar-refractivity contribution in [3.63, 3.8) is 0 Å². The predicted molar refractivity (Wildman–Crippen MR) is 59.7 cm³/mol. The molecule has 0 atom stereocenters. The number of fused-ring (bicyclic) bond motifs is 1. The van der Waals surface area contributed by atoms with E-state index in [1.807, 2.05) is 12.1 Å². The minimum Gasteiger partial charge on any atom is -0.463 e. The summed E-state index contributed by atoms with van der Waals surface area (Å²) in [5.41, 5.74) is 1.38. The zero-order valence-corrected chi connectivity index (χ0v) is 8.84. The van der Waals surface area contributed by atoms with Crippen LogP contribution in [0, 0.1) is 0 Å². The van der Waals surface area contributed by atoms with Crippen molar-refractivity contribution in [1.29, 1.82) is 0 Å². The second-order valence-electron chi connectivity index (χ2n) is 3.13. The van der Waals surface area contributed by atoms with Crippen LogP contribution in [0.5, 0.6) is 0 Å². The highest BCUT2D eigenvalue weighted by Gasteiger charge is 2.03. The number of hydrogen-bond acceptors (Lipinski definition) is 4. The first-order chi connectivity index (χ1) is 7.81. The number of carbonyl (C=O) groups is 1. The molecule has 0 aliphatic rings. The van der Waals surface area contributed by atoms with Crippen molar-refractivity contribution in [3.8, 4) is 0 Å². The van der Waals surface area contributed by atoms with Crippen molar-refractivity contribution in [2.75, 3.05) is 6.61 Å². The van der Waals surface area contributed by atoms with E-state index in [0.717, 1.165) is 10.9 Å². The lowest BCUT2D eigenvalue weighted by atomic mass is 10.2. The Morgan fingerprint density at radius 1 is 1.62 bits per heavy atom. The molecular weight excluding hydrogens is 206 g/mol. The van der Waals surface area contributed by atoms with Crippen molar-refractivity contribution in [2.24, 2.45) is 0 Å². The zero-order chi connectivity index (χ0) is 11.4. The number of pyridine rings is 1. The molecule has 4 nitrogen and oxygen atoms in total. The Bertz CT molecular complexity index is 528. The highest BCUT2D eigenvalue weighted by molar-refractivity contribution is 5.91. The van der Waals surface area contributed by atoms with Crippen LogP contribution in [0.4, 0.5) is 0 Å². The number of rotatable bonds is 3. The Labute approximate surface area is 92.5 Å². The number of carbonyl (C=O) groups excluding carboxylic acids is 1. The summed E-state index contributed by atoms with van der Waals surface area (Å²) in [4.78, 5) is 15.2. The summed E-state index contributed by atoms with van der Waals surface area (Å²) in [7, 11) is 0. The number of nitrogens with zero attached hydrogens (tertiary/aromatic N) is 1. The molecule has 2 rings (SSSR count). The summed E-state index contributed by atoms with van der Waals surface area (Å²) >= 11 is 0. The number of aromatic nitrogens is 1. The summed E-state index contributed by atoms with van der Waals surface area (Å²) < 4.78 is 10.0. The number of ether oxygens (including phenoxy) is 1. The van der Waals surface area contributed by atoms with Crippen LogP contribution in [0.1, 0.15) is 12.5 Å². The molecule has 0 radical (unpaired) electrons. The lowest BCUT2D eigenvalue weighted by molar-refractivity contribution is -0.137. The van der Waals surface area contributed by atoms with Gasteiger partial charge in [0.25, 0.3) is 0 Å². The third-order valence-corrected chi connectivity index (χ3v) is 2.07. The minimum absolute atomic E-state index is 0.360. The van der Waals surface area contributed by atoms with Crippen LogP contribution >= 0.6 is 0 Å². The van der Waals surface area contributed by atoms with E-state index >= 15 is 0 Å². The van der Waals surface area contributed by atoms with Crippen LogP contribution in [0.25, 0.3) is 17.2 Å². The molecule has 0 unspecified atom stereocenters. The van der Waals surface area contributed by atoms with Gasteiger partial charge in [-0.05, 0) is 25.1 Å². The van der Waals surface area contributed by atoms with Gasteiger partial charge in [0, 0.05) is 23.2 Å². The smallest absolute Gasteiger partial charge is 0.330 e. The summed E-state index contributed by atoms with van der Waals surface area (Å²) in [6.07, 6.45) is 6.25. The highest BCUT2D eigenvalue weighted by atomic mass is 16.5. The minimum atomic E-state index is -0.360. The molecule has 0 aliphatic heterocycles. The Balaban J connectivity index is 2.24. The largest absolute Gasteiger partial charge is 0.463 e. The first-order valence-corrected chi connectivity index (χ1v) is 4.98. The first kappa shape index (κ1) is 10.4. The van der Waals surface area contributed by atoms with Crippen LogP contribution in [-0.4, -0.2) is 17.6 Å². The molecule has 0 spiro atoms. The standard InChI is InChI=1S/C12H11NO3/c1-2-15-11(14)6-5-9-8-16-12-10(9)4-3-7-13-12/h3-8H,2H2,1H3/b6-5+. The molecule has 0 aromatic carbocycles. The fourth-order valence-electron chi connectivity index (χ4n) is 1.36. The molecule has 0 fully saturated rings. The fraction of sp³-hybridized carbons (Fsp3) is 0.167. The Kier molecular flexibility index (Phi) is 3.00. The molecule has 0 N–H and O–H groups in total. The summed E-state index contributed by atoms with van der Waals surface area (Å²) in [5, 5.41) is 0.878. The quantitative estimate of drug-likeness (QED) is 0.585. The van der Waals surface area contributed by atoms with Gasteiger partial charge >= 0.3 is 5.97 Å². The molecule has 4 heteroatoms. The van der Waals surface area contributed by atoms with Crippen LogP contribution in [0.15, 0.2) is 35.1 Å². The van der Waals surface area contributed by atoms with Crippen LogP contribution in [-0.2, 0) is 9.53 Å². The molecule has 0 saturated carbocycles. The number of esters is 1. The van der Waals surface area contributed by atoms with E-state index in [0.29, 0.717) is 12.3 Å². The van der Waals surface area contributed by atoms with Crippen LogP contribution in [0.3, 0.4) is 0 Å². The van der Waals surface area contributed by atoms with Gasteiger partial charge in [0.2, 0.25) is 5.71 Å². The normalized spacial score (nSPS) is 11.1. The van der Waals surface area contributed by atoms with E-state index in [-0.39, 0.29) is 5.97 Å². The fourth-order valence-corrected chi connectivity index (χ4v) is 1.36. The van der Waals surface area contributed by atoms with Gasteiger partial charge in [0.05, 0.1) is 6.61 Å². The number of hydrogen-bond donors (Lipinski definition) is 0. The molecule has 82 valence electrons. The maximum Gasteiger partial charge on any atom is 0.330 e. The third-order valence-electron chi connectivity index (χ3n) is 2.07. The SMILES string of the molecule is CCOC(=O)/C=C/c1coc2ncccc12. The molecule has 0 bridgehead atoms. The van der Waals surface area contributed by atoms with Gasteiger partial charge in [0.15, 0.2) is 0 Å². The topological polar surface area (TPSA) is 52.3 Å². The third kappa shape index (κ3) is 2.11. The van der Waals surface area contributed by atoms with E-state index in [2.05, 4.69) is 4.98 Å². The average molecular weight is 217 g/mol. The maximum absolute atomic E-state index is 11.1. The molecule has 0 aliphatic carbocycles. The summed E-state index contributed by atoms with van der Waals surface area (Å²) in [5.74, 6) is -0.360. The summed E-state index contributed by atoms with van der Waals surface area (Å²) in [6, 6.07) is 3.70. The van der Waals surface area contributed by atoms with Crippen molar-refractivity contribution in [3.05, 3.63) is 36.2 Å². The average Bonchev–Trinajstić information content (AvgIpc) is 2.70. The molecule has 2 aromatic heterocycles. The van der Waals surface area contributed by atoms with Crippen molar-refractivity contribution in [2.45, 2.75) is 6.92 Å². The van der Waals surface area contributed by atoms with Crippen LogP contribution in [0.2, 0.25) is 0 Å². The van der Waals surface area contributed by atoms with Gasteiger partial charge in [-0.15, -0.1) is 0 Å². The molecule has 2 heterocycles. The number of furan rings is 1. The summed E-state index contributed by atoms with van der Waals surface area (Å²) in [6.45, 7) is 2.14. The lowest BCUT2D eigenvalue weighted by Gasteiger charge is -1.93. The van der Waals surface area contributed by atoms with E-state index < -0.39 is 0 Å². The van der Waals surface area contributed by atoms with Crippen LogP contribution < -0.4 is 0 Å². The Hall–Kier alpha value is -2.10. The van der Waals surface area contributed by atoms with Crippen molar-refractivity contribution in [1.82, 2.24) is 4.98 Å². The van der Waals surface area contributed by atoms with Gasteiger partial charge in [-0.2, -0.15) is 0 Å². The van der Waals surface area contributed by atoms with E-state index in [1.165, 1.54) is 6.08 Å². The predicted octanol–water partition coefficient (Wildman–Crippen LogP) is 2.40. The molecule has 2 aromatic rings. The van der Waals surface area contributed by atoms with Gasteiger partial charge < -0.3 is 9.15 Å². The lowest BCUT2D eigenvalue weighted by Crippen LogP contribution is -1.98. The Morgan fingerprint density at radius 2 is 2.50 bits per heavy atom. The molecule has 0 amide bonds. The zero-order valence-electron chi connectivity index (χ0n) is 8.84. The van der Waals surface area contributed by atoms with E-state index in [9.17, 15) is 4.79 Å². The monoisotopic (exact) mass is 217 g/mol. The van der Waals surface area contributed by atoms with Crippen molar-refractivity contribution >= 4 is 23.1 Å². The van der Waals surface area contributed by atoms with Crippen molar-refractivity contribution < 1.29 is 13.9 Å². The molecular formula is C12H11NO3. The van der Waals surface area contributed by atoms with Gasteiger partial charge in [-0.25, -0.2) is 9.78 Å².